The molecule has 1 aromatic carbocycles. The third-order valence-corrected chi connectivity index (χ3v) is 5.29. The first-order valence-corrected chi connectivity index (χ1v) is 9.32. The molecule has 26 heavy (non-hydrogen) atoms. The Labute approximate surface area is 163 Å². The first kappa shape index (κ1) is 19.0. The number of carbonyl (C=O) groups is 1. The van der Waals surface area contributed by atoms with E-state index in [-0.39, 0.29) is 5.91 Å². The van der Waals surface area contributed by atoms with Crippen molar-refractivity contribution in [1.82, 2.24) is 19.6 Å². The van der Waals surface area contributed by atoms with Crippen LogP contribution in [0, 0.1) is 6.92 Å². The first-order valence-electron chi connectivity index (χ1n) is 8.57. The van der Waals surface area contributed by atoms with Gasteiger partial charge in [0.05, 0.1) is 5.69 Å². The molecular weight excluding hydrogens is 371 g/mol. The fourth-order valence-corrected chi connectivity index (χ4v) is 3.43. The molecule has 0 radical (unpaired) electrons. The van der Waals surface area contributed by atoms with E-state index in [1.165, 1.54) is 5.56 Å². The molecule has 1 amide bonds. The van der Waals surface area contributed by atoms with Gasteiger partial charge in [-0.15, -0.1) is 0 Å². The van der Waals surface area contributed by atoms with Gasteiger partial charge in [-0.25, -0.2) is 0 Å². The van der Waals surface area contributed by atoms with Crippen molar-refractivity contribution < 1.29 is 4.79 Å². The van der Waals surface area contributed by atoms with Gasteiger partial charge in [-0.1, -0.05) is 35.3 Å². The van der Waals surface area contributed by atoms with E-state index in [1.54, 1.807) is 23.9 Å². The molecule has 0 aliphatic carbocycles. The average Bonchev–Trinajstić information content (AvgIpc) is 2.87. The van der Waals surface area contributed by atoms with E-state index in [1.807, 2.05) is 36.1 Å². The Morgan fingerprint density at radius 1 is 1.15 bits per heavy atom. The highest BCUT2D eigenvalue weighted by atomic mass is 35.5. The molecule has 1 aliphatic rings. The smallest absolute Gasteiger partial charge is 0.246 e. The first-order chi connectivity index (χ1) is 12.4. The third kappa shape index (κ3) is 4.47. The van der Waals surface area contributed by atoms with Crippen LogP contribution in [0.5, 0.6) is 0 Å². The second-order valence-electron chi connectivity index (χ2n) is 6.47. The number of carbonyl (C=O) groups excluding carboxylic acids is 1. The van der Waals surface area contributed by atoms with Crippen molar-refractivity contribution in [2.75, 3.05) is 26.2 Å². The molecule has 2 heterocycles. The van der Waals surface area contributed by atoms with Crippen LogP contribution in [0.1, 0.15) is 16.8 Å². The van der Waals surface area contributed by atoms with Gasteiger partial charge in [0.2, 0.25) is 5.91 Å². The summed E-state index contributed by atoms with van der Waals surface area (Å²) < 4.78 is 1.61. The number of hydrogen-bond donors (Lipinski definition) is 0. The molecule has 3 rings (SSSR count). The summed E-state index contributed by atoms with van der Waals surface area (Å²) in [5.74, 6) is 0.00969. The van der Waals surface area contributed by atoms with Gasteiger partial charge in [-0.3, -0.25) is 14.4 Å². The van der Waals surface area contributed by atoms with Crippen LogP contribution in [0.15, 0.2) is 30.3 Å². The number of piperazine rings is 1. The Bertz CT molecular complexity index is 806. The minimum Gasteiger partial charge on any atom is -0.337 e. The molecule has 0 bridgehead atoms. The van der Waals surface area contributed by atoms with Crippen molar-refractivity contribution >= 4 is 35.2 Å². The Kier molecular flexibility index (Phi) is 6.01. The predicted molar refractivity (Wildman–Crippen MR) is 105 cm³/mol. The van der Waals surface area contributed by atoms with Crippen LogP contribution in [0.25, 0.3) is 6.08 Å². The largest absolute Gasteiger partial charge is 0.337 e. The lowest BCUT2D eigenvalue weighted by atomic mass is 10.2. The number of rotatable bonds is 4. The molecule has 0 saturated carbocycles. The lowest BCUT2D eigenvalue weighted by Gasteiger charge is -2.34. The lowest BCUT2D eigenvalue weighted by molar-refractivity contribution is -0.127. The van der Waals surface area contributed by atoms with Crippen LogP contribution in [0.4, 0.5) is 0 Å². The van der Waals surface area contributed by atoms with Gasteiger partial charge >= 0.3 is 0 Å². The van der Waals surface area contributed by atoms with Crippen molar-refractivity contribution in [3.8, 4) is 0 Å². The molecule has 1 fully saturated rings. The third-order valence-electron chi connectivity index (χ3n) is 4.59. The van der Waals surface area contributed by atoms with Gasteiger partial charge < -0.3 is 4.90 Å². The maximum absolute atomic E-state index is 12.4. The molecular formula is C19H22Cl2N4O. The second-order valence-corrected chi connectivity index (χ2v) is 7.27. The van der Waals surface area contributed by atoms with Crippen molar-refractivity contribution in [3.05, 3.63) is 57.3 Å². The molecule has 0 N–H and O–H groups in total. The van der Waals surface area contributed by atoms with Crippen LogP contribution in [-0.2, 0) is 18.4 Å². The van der Waals surface area contributed by atoms with E-state index >= 15 is 0 Å². The highest BCUT2D eigenvalue weighted by Crippen LogP contribution is 2.20. The molecule has 1 aliphatic heterocycles. The molecule has 0 spiro atoms. The van der Waals surface area contributed by atoms with Crippen LogP contribution in [-0.4, -0.2) is 51.7 Å². The fraction of sp³-hybridized carbons (Fsp3) is 0.368. The maximum Gasteiger partial charge on any atom is 0.246 e. The minimum absolute atomic E-state index is 0.00969. The predicted octanol–water partition coefficient (Wildman–Crippen LogP) is 3.39. The monoisotopic (exact) mass is 392 g/mol. The summed E-state index contributed by atoms with van der Waals surface area (Å²) in [4.78, 5) is 16.7. The summed E-state index contributed by atoms with van der Waals surface area (Å²) in [5.41, 5.74) is 2.84. The summed E-state index contributed by atoms with van der Waals surface area (Å²) in [5, 5.41) is 5.54. The molecule has 0 atom stereocenters. The van der Waals surface area contributed by atoms with Gasteiger partial charge in [0.15, 0.2) is 0 Å². The number of hydrogen-bond acceptors (Lipinski definition) is 3. The summed E-state index contributed by atoms with van der Waals surface area (Å²) in [6.07, 6.45) is 3.35. The van der Waals surface area contributed by atoms with Crippen LogP contribution in [0.2, 0.25) is 10.2 Å². The van der Waals surface area contributed by atoms with Crippen molar-refractivity contribution in [3.63, 3.8) is 0 Å². The summed E-state index contributed by atoms with van der Waals surface area (Å²) in [6.45, 7) is 5.90. The highest BCUT2D eigenvalue weighted by molar-refractivity contribution is 6.31. The zero-order valence-electron chi connectivity index (χ0n) is 15.0. The maximum atomic E-state index is 12.4. The van der Waals surface area contributed by atoms with E-state index in [2.05, 4.69) is 10.00 Å². The zero-order valence-corrected chi connectivity index (χ0v) is 16.5. The second kappa shape index (κ2) is 8.25. The Morgan fingerprint density at radius 2 is 1.81 bits per heavy atom. The number of aromatic nitrogens is 2. The topological polar surface area (TPSA) is 41.4 Å². The molecule has 7 heteroatoms. The van der Waals surface area contributed by atoms with E-state index in [0.717, 1.165) is 49.0 Å². The van der Waals surface area contributed by atoms with E-state index in [4.69, 9.17) is 23.2 Å². The minimum atomic E-state index is 0.00969. The van der Waals surface area contributed by atoms with Crippen LogP contribution in [0.3, 0.4) is 0 Å². The SMILES string of the molecule is Cc1nn(C)c(Cl)c1/C=C/C(=O)N1CCN(Cc2ccc(Cl)cc2)CC1. The summed E-state index contributed by atoms with van der Waals surface area (Å²) >= 11 is 12.1. The number of amides is 1. The molecule has 1 aromatic heterocycles. The number of halogens is 2. The summed E-state index contributed by atoms with van der Waals surface area (Å²) in [6, 6.07) is 7.91. The quantitative estimate of drug-likeness (QED) is 0.748. The molecule has 138 valence electrons. The van der Waals surface area contributed by atoms with Crippen molar-refractivity contribution in [2.45, 2.75) is 13.5 Å². The normalized spacial score (nSPS) is 15.8. The van der Waals surface area contributed by atoms with Gasteiger partial charge in [-0.2, -0.15) is 5.10 Å². The molecule has 0 unspecified atom stereocenters. The molecule has 1 saturated heterocycles. The highest BCUT2D eigenvalue weighted by Gasteiger charge is 2.20. The van der Waals surface area contributed by atoms with Gasteiger partial charge in [-0.05, 0) is 30.7 Å². The Hall–Kier alpha value is -1.82. The Balaban J connectivity index is 1.53. The van der Waals surface area contributed by atoms with Gasteiger partial charge in [0.25, 0.3) is 0 Å². The zero-order chi connectivity index (χ0) is 18.7. The van der Waals surface area contributed by atoms with Gasteiger partial charge in [0, 0.05) is 56.4 Å². The fourth-order valence-electron chi connectivity index (χ4n) is 3.07. The summed E-state index contributed by atoms with van der Waals surface area (Å²) in [7, 11) is 1.79. The van der Waals surface area contributed by atoms with Gasteiger partial charge in [0.1, 0.15) is 5.15 Å². The van der Waals surface area contributed by atoms with Crippen LogP contribution >= 0.6 is 23.2 Å². The van der Waals surface area contributed by atoms with E-state index < -0.39 is 0 Å². The van der Waals surface area contributed by atoms with Crippen molar-refractivity contribution in [1.29, 1.82) is 0 Å². The van der Waals surface area contributed by atoms with Crippen LogP contribution < -0.4 is 0 Å². The molecule has 2 aromatic rings. The lowest BCUT2D eigenvalue weighted by Crippen LogP contribution is -2.47. The number of nitrogens with zero attached hydrogens (tertiary/aromatic N) is 4. The Morgan fingerprint density at radius 3 is 2.38 bits per heavy atom. The number of benzene rings is 1. The van der Waals surface area contributed by atoms with Crippen molar-refractivity contribution in [2.24, 2.45) is 7.05 Å². The molecule has 5 nitrogen and oxygen atoms in total. The average molecular weight is 393 g/mol. The van der Waals surface area contributed by atoms with E-state index in [0.29, 0.717) is 5.15 Å². The van der Waals surface area contributed by atoms with E-state index in [9.17, 15) is 4.79 Å². The number of aryl methyl sites for hydroxylation is 2. The standard InChI is InChI=1S/C19H22Cl2N4O/c1-14-17(19(21)23(2)22-14)7-8-18(26)25-11-9-24(10-12-25)13-15-3-5-16(20)6-4-15/h3-8H,9-13H2,1-2H3/b8-7+.